The van der Waals surface area contributed by atoms with Gasteiger partial charge in [0.15, 0.2) is 11.9 Å². The van der Waals surface area contributed by atoms with Crippen molar-refractivity contribution in [3.63, 3.8) is 0 Å². The average molecular weight is 309 g/mol. The molecule has 0 spiro atoms. The van der Waals surface area contributed by atoms with E-state index in [2.05, 4.69) is 15.7 Å². The first-order chi connectivity index (χ1) is 9.97. The number of anilines is 1. The largest absolute Gasteiger partial charge is 0.479 e. The van der Waals surface area contributed by atoms with Crippen molar-refractivity contribution in [2.45, 2.75) is 6.04 Å². The lowest BCUT2D eigenvalue weighted by Gasteiger charge is -2.16. The number of carbonyl (C=O) groups is 2. The van der Waals surface area contributed by atoms with Gasteiger partial charge in [0.2, 0.25) is 0 Å². The molecule has 1 aromatic heterocycles. The van der Waals surface area contributed by atoms with Gasteiger partial charge < -0.3 is 10.4 Å². The van der Waals surface area contributed by atoms with Gasteiger partial charge in [0, 0.05) is 29.9 Å². The van der Waals surface area contributed by atoms with Crippen LogP contribution < -0.4 is 10.6 Å². The van der Waals surface area contributed by atoms with Crippen molar-refractivity contribution < 1.29 is 14.7 Å². The molecule has 0 saturated heterocycles. The van der Waals surface area contributed by atoms with Crippen molar-refractivity contribution in [3.8, 4) is 0 Å². The van der Waals surface area contributed by atoms with E-state index in [0.29, 0.717) is 11.4 Å². The summed E-state index contributed by atoms with van der Waals surface area (Å²) in [6, 6.07) is 6.09. The number of amides is 2. The van der Waals surface area contributed by atoms with Crippen LogP contribution in [-0.4, -0.2) is 26.9 Å². The molecule has 21 heavy (non-hydrogen) atoms. The van der Waals surface area contributed by atoms with Crippen LogP contribution in [0.4, 0.5) is 10.6 Å². The maximum atomic E-state index is 11.8. The summed E-state index contributed by atoms with van der Waals surface area (Å²) in [7, 11) is 1.70. The molecule has 1 aromatic carbocycles. The fourth-order valence-electron chi connectivity index (χ4n) is 1.75. The molecular weight excluding hydrogens is 296 g/mol. The molecule has 0 radical (unpaired) electrons. The Kier molecular flexibility index (Phi) is 4.44. The molecule has 1 atom stereocenters. The second-order valence-corrected chi connectivity index (χ2v) is 4.67. The monoisotopic (exact) mass is 308 g/mol. The molecule has 8 heteroatoms. The summed E-state index contributed by atoms with van der Waals surface area (Å²) in [5.74, 6) is -0.891. The average Bonchev–Trinajstić information content (AvgIpc) is 2.82. The Morgan fingerprint density at radius 2 is 2.05 bits per heavy atom. The summed E-state index contributed by atoms with van der Waals surface area (Å²) in [4.78, 5) is 23.2. The molecule has 0 saturated carbocycles. The third-order valence-electron chi connectivity index (χ3n) is 2.69. The van der Waals surface area contributed by atoms with Gasteiger partial charge in [0.05, 0.1) is 0 Å². The highest BCUT2D eigenvalue weighted by atomic mass is 35.5. The topological polar surface area (TPSA) is 96.2 Å². The van der Waals surface area contributed by atoms with Crippen LogP contribution in [0.5, 0.6) is 0 Å². The number of carboxylic acid groups (broad SMARTS) is 1. The number of aliphatic carboxylic acids is 1. The molecule has 0 fully saturated rings. The third-order valence-corrected chi connectivity index (χ3v) is 3.04. The lowest BCUT2D eigenvalue weighted by Crippen LogP contribution is -2.37. The fourth-order valence-corrected chi connectivity index (χ4v) is 1.99. The number of hydrogen-bond donors (Lipinski definition) is 3. The van der Waals surface area contributed by atoms with Crippen molar-refractivity contribution in [1.82, 2.24) is 15.1 Å². The zero-order valence-electron chi connectivity index (χ0n) is 11.1. The van der Waals surface area contributed by atoms with Gasteiger partial charge in [-0.2, -0.15) is 5.10 Å². The Labute approximate surface area is 125 Å². The van der Waals surface area contributed by atoms with Crippen molar-refractivity contribution >= 4 is 29.4 Å². The number of hydrogen-bond acceptors (Lipinski definition) is 3. The number of nitrogens with one attached hydrogen (secondary N) is 2. The molecule has 0 unspecified atom stereocenters. The van der Waals surface area contributed by atoms with Gasteiger partial charge in [0.25, 0.3) is 0 Å². The van der Waals surface area contributed by atoms with E-state index in [9.17, 15) is 14.7 Å². The number of carboxylic acids is 1. The zero-order valence-corrected chi connectivity index (χ0v) is 11.8. The Hall–Kier alpha value is -2.54. The standard InChI is InChI=1S/C13H13ClN4O3/c1-18-7-6-10(17-18)15-13(21)16-11(12(19)20)8-4-2-3-5-9(8)14/h2-7,11H,1H3,(H,19,20)(H2,15,16,17,21)/t11-/m1/s1. The van der Waals surface area contributed by atoms with Gasteiger partial charge in [-0.05, 0) is 6.07 Å². The lowest BCUT2D eigenvalue weighted by atomic mass is 10.1. The van der Waals surface area contributed by atoms with Crippen LogP contribution in [-0.2, 0) is 11.8 Å². The predicted molar refractivity (Wildman–Crippen MR) is 77.2 cm³/mol. The Balaban J connectivity index is 2.12. The number of rotatable bonds is 4. The fraction of sp³-hybridized carbons (Fsp3) is 0.154. The molecule has 1 heterocycles. The van der Waals surface area contributed by atoms with E-state index in [1.54, 1.807) is 43.6 Å². The van der Waals surface area contributed by atoms with Crippen LogP contribution >= 0.6 is 11.6 Å². The highest BCUT2D eigenvalue weighted by Gasteiger charge is 2.24. The first-order valence-electron chi connectivity index (χ1n) is 6.02. The smallest absolute Gasteiger partial charge is 0.331 e. The highest BCUT2D eigenvalue weighted by molar-refractivity contribution is 6.31. The summed E-state index contributed by atoms with van der Waals surface area (Å²) in [5, 5.41) is 18.3. The van der Waals surface area contributed by atoms with E-state index in [1.165, 1.54) is 4.68 Å². The van der Waals surface area contributed by atoms with Gasteiger partial charge in [0.1, 0.15) is 0 Å². The molecule has 0 aliphatic carbocycles. The third kappa shape index (κ3) is 3.73. The molecule has 2 rings (SSSR count). The quantitative estimate of drug-likeness (QED) is 0.805. The Morgan fingerprint density at radius 1 is 1.33 bits per heavy atom. The van der Waals surface area contributed by atoms with Crippen LogP contribution in [0.25, 0.3) is 0 Å². The van der Waals surface area contributed by atoms with Crippen LogP contribution in [0.1, 0.15) is 11.6 Å². The summed E-state index contributed by atoms with van der Waals surface area (Å²) in [6.45, 7) is 0. The number of aromatic nitrogens is 2. The Bertz CT molecular complexity index is 671. The molecular formula is C13H13ClN4O3. The van der Waals surface area contributed by atoms with Crippen molar-refractivity contribution in [2.24, 2.45) is 7.05 Å². The molecule has 0 aliphatic heterocycles. The maximum Gasteiger partial charge on any atom is 0.331 e. The van der Waals surface area contributed by atoms with Gasteiger partial charge in [-0.1, -0.05) is 29.8 Å². The van der Waals surface area contributed by atoms with Crippen molar-refractivity contribution in [1.29, 1.82) is 0 Å². The minimum atomic E-state index is -1.25. The molecule has 0 bridgehead atoms. The number of aryl methyl sites for hydroxylation is 1. The summed E-state index contributed by atoms with van der Waals surface area (Å²) in [5.41, 5.74) is 0.308. The second kappa shape index (κ2) is 6.27. The Morgan fingerprint density at radius 3 is 2.62 bits per heavy atom. The number of urea groups is 1. The van der Waals surface area contributed by atoms with Crippen molar-refractivity contribution in [2.75, 3.05) is 5.32 Å². The molecule has 0 aliphatic rings. The highest BCUT2D eigenvalue weighted by Crippen LogP contribution is 2.22. The summed E-state index contributed by atoms with van der Waals surface area (Å²) in [6.07, 6.45) is 1.65. The summed E-state index contributed by atoms with van der Waals surface area (Å²) >= 11 is 5.96. The van der Waals surface area contributed by atoms with E-state index in [4.69, 9.17) is 11.6 Å². The van der Waals surface area contributed by atoms with Gasteiger partial charge >= 0.3 is 12.0 Å². The number of carbonyl (C=O) groups excluding carboxylic acids is 1. The molecule has 3 N–H and O–H groups in total. The summed E-state index contributed by atoms with van der Waals surface area (Å²) < 4.78 is 1.51. The molecule has 110 valence electrons. The lowest BCUT2D eigenvalue weighted by molar-refractivity contribution is -0.139. The first kappa shape index (κ1) is 14.9. The van der Waals surface area contributed by atoms with Crippen LogP contribution in [0.15, 0.2) is 36.5 Å². The molecule has 7 nitrogen and oxygen atoms in total. The van der Waals surface area contributed by atoms with E-state index in [0.717, 1.165) is 0 Å². The van der Waals surface area contributed by atoms with E-state index in [-0.39, 0.29) is 5.02 Å². The van der Waals surface area contributed by atoms with Gasteiger partial charge in [-0.15, -0.1) is 0 Å². The zero-order chi connectivity index (χ0) is 15.4. The molecule has 2 amide bonds. The number of benzene rings is 1. The van der Waals surface area contributed by atoms with Crippen LogP contribution in [0.2, 0.25) is 5.02 Å². The maximum absolute atomic E-state index is 11.8. The van der Waals surface area contributed by atoms with Crippen molar-refractivity contribution in [3.05, 3.63) is 47.1 Å². The number of halogens is 1. The van der Waals surface area contributed by atoms with Gasteiger partial charge in [-0.25, -0.2) is 9.59 Å². The number of nitrogens with zero attached hydrogens (tertiary/aromatic N) is 2. The first-order valence-corrected chi connectivity index (χ1v) is 6.39. The van der Waals surface area contributed by atoms with Crippen LogP contribution in [0, 0.1) is 0 Å². The molecule has 2 aromatic rings. The van der Waals surface area contributed by atoms with E-state index in [1.807, 2.05) is 0 Å². The van der Waals surface area contributed by atoms with E-state index >= 15 is 0 Å². The van der Waals surface area contributed by atoms with E-state index < -0.39 is 18.0 Å². The minimum Gasteiger partial charge on any atom is -0.479 e. The minimum absolute atomic E-state index is 0.267. The SMILES string of the molecule is Cn1ccc(NC(=O)N[C@@H](C(=O)O)c2ccccc2Cl)n1. The predicted octanol–water partition coefficient (Wildman–Crippen LogP) is 2.02. The second-order valence-electron chi connectivity index (χ2n) is 4.27. The van der Waals surface area contributed by atoms with Crippen LogP contribution in [0.3, 0.4) is 0 Å². The van der Waals surface area contributed by atoms with Gasteiger partial charge in [-0.3, -0.25) is 10.00 Å². The normalized spacial score (nSPS) is 11.7.